The van der Waals surface area contributed by atoms with Gasteiger partial charge in [-0.05, 0) is 40.8 Å². The maximum Gasteiger partial charge on any atom is 0.257 e. The van der Waals surface area contributed by atoms with E-state index in [1.165, 1.54) is 0 Å². The fourth-order valence-corrected chi connectivity index (χ4v) is 2.48. The number of benzene rings is 1. The lowest BCUT2D eigenvalue weighted by Gasteiger charge is -2.03. The third-order valence-electron chi connectivity index (χ3n) is 1.89. The number of carbonyl (C=O) groups is 1. The van der Waals surface area contributed by atoms with Crippen molar-refractivity contribution in [2.24, 2.45) is 4.99 Å². The number of hydrogen-bond acceptors (Lipinski definition) is 3. The highest BCUT2D eigenvalue weighted by Crippen LogP contribution is 2.11. The monoisotopic (exact) mass is 332 g/mol. The van der Waals surface area contributed by atoms with Gasteiger partial charge < -0.3 is 5.32 Å². The summed E-state index contributed by atoms with van der Waals surface area (Å²) in [5.74, 6) is 0.878. The summed E-state index contributed by atoms with van der Waals surface area (Å²) in [6.45, 7) is 0.798. The molecule has 0 saturated heterocycles. The van der Waals surface area contributed by atoms with Crippen LogP contribution in [-0.2, 0) is 0 Å². The zero-order valence-corrected chi connectivity index (χ0v) is 10.8. The molecule has 0 unspecified atom stereocenters. The first-order valence-corrected chi connectivity index (χ1v) is 6.56. The number of amidine groups is 1. The first-order chi connectivity index (χ1) is 7.25. The van der Waals surface area contributed by atoms with Gasteiger partial charge >= 0.3 is 0 Å². The molecule has 5 heteroatoms. The van der Waals surface area contributed by atoms with Gasteiger partial charge in [-0.25, -0.2) is 0 Å². The number of amides is 1. The van der Waals surface area contributed by atoms with Crippen LogP contribution in [0.5, 0.6) is 0 Å². The summed E-state index contributed by atoms with van der Waals surface area (Å²) in [7, 11) is 0. The smallest absolute Gasteiger partial charge is 0.257 e. The van der Waals surface area contributed by atoms with E-state index >= 15 is 0 Å². The van der Waals surface area contributed by atoms with Crippen molar-refractivity contribution in [2.45, 2.75) is 0 Å². The highest BCUT2D eigenvalue weighted by molar-refractivity contribution is 14.1. The van der Waals surface area contributed by atoms with E-state index in [2.05, 4.69) is 32.9 Å². The van der Waals surface area contributed by atoms with Crippen molar-refractivity contribution in [3.63, 3.8) is 0 Å². The van der Waals surface area contributed by atoms with Gasteiger partial charge in [0.2, 0.25) is 0 Å². The number of nitrogens with zero attached hydrogens (tertiary/aromatic N) is 1. The van der Waals surface area contributed by atoms with Crippen molar-refractivity contribution in [3.05, 3.63) is 33.4 Å². The van der Waals surface area contributed by atoms with Gasteiger partial charge in [-0.2, -0.15) is 0 Å². The minimum Gasteiger partial charge on any atom is -0.301 e. The number of rotatable bonds is 1. The van der Waals surface area contributed by atoms with Gasteiger partial charge in [-0.3, -0.25) is 9.79 Å². The van der Waals surface area contributed by atoms with Gasteiger partial charge in [0.05, 0.1) is 6.54 Å². The van der Waals surface area contributed by atoms with Gasteiger partial charge in [-0.1, -0.05) is 17.8 Å². The summed E-state index contributed by atoms with van der Waals surface area (Å²) in [4.78, 5) is 15.9. The van der Waals surface area contributed by atoms with Crippen molar-refractivity contribution in [1.29, 1.82) is 0 Å². The normalized spacial score (nSPS) is 14.9. The molecule has 0 fully saturated rings. The van der Waals surface area contributed by atoms with Crippen LogP contribution in [0.1, 0.15) is 10.4 Å². The Bertz CT molecular complexity index is 420. The molecule has 1 amide bonds. The Balaban J connectivity index is 2.07. The molecule has 1 aromatic carbocycles. The molecule has 0 spiro atoms. The molecule has 0 saturated carbocycles. The zero-order chi connectivity index (χ0) is 10.7. The molecule has 15 heavy (non-hydrogen) atoms. The van der Waals surface area contributed by atoms with Gasteiger partial charge in [0, 0.05) is 14.9 Å². The Morgan fingerprint density at radius 3 is 3.07 bits per heavy atom. The maximum atomic E-state index is 11.7. The van der Waals surface area contributed by atoms with E-state index < -0.39 is 0 Å². The lowest BCUT2D eigenvalue weighted by atomic mass is 10.2. The van der Waals surface area contributed by atoms with Gasteiger partial charge in [0.15, 0.2) is 5.17 Å². The van der Waals surface area contributed by atoms with E-state index in [9.17, 15) is 4.79 Å². The Morgan fingerprint density at radius 1 is 1.53 bits per heavy atom. The van der Waals surface area contributed by atoms with Crippen LogP contribution >= 0.6 is 34.4 Å². The molecular weight excluding hydrogens is 323 g/mol. The van der Waals surface area contributed by atoms with Crippen molar-refractivity contribution in [2.75, 3.05) is 12.3 Å². The van der Waals surface area contributed by atoms with Crippen LogP contribution in [0.15, 0.2) is 29.3 Å². The second-order valence-electron chi connectivity index (χ2n) is 3.00. The summed E-state index contributed by atoms with van der Waals surface area (Å²) in [5, 5.41) is 3.53. The van der Waals surface area contributed by atoms with E-state index in [1.54, 1.807) is 17.8 Å². The summed E-state index contributed by atoms with van der Waals surface area (Å²) < 4.78 is 1.06. The van der Waals surface area contributed by atoms with Gasteiger partial charge in [-0.15, -0.1) is 0 Å². The van der Waals surface area contributed by atoms with E-state index in [0.717, 1.165) is 21.0 Å². The molecule has 1 aliphatic rings. The molecule has 1 aliphatic heterocycles. The highest BCUT2D eigenvalue weighted by Gasteiger charge is 2.12. The average Bonchev–Trinajstić information content (AvgIpc) is 2.70. The lowest BCUT2D eigenvalue weighted by Crippen LogP contribution is -2.27. The van der Waals surface area contributed by atoms with Crippen LogP contribution in [0.25, 0.3) is 0 Å². The van der Waals surface area contributed by atoms with E-state index in [-0.39, 0.29) is 5.91 Å². The maximum absolute atomic E-state index is 11.7. The van der Waals surface area contributed by atoms with Crippen LogP contribution in [0, 0.1) is 3.57 Å². The fourth-order valence-electron chi connectivity index (χ4n) is 1.21. The zero-order valence-electron chi connectivity index (χ0n) is 7.87. The first-order valence-electron chi connectivity index (χ1n) is 4.50. The van der Waals surface area contributed by atoms with E-state index in [4.69, 9.17) is 0 Å². The molecular formula is C10H9IN2OS. The standard InChI is InChI=1S/C10H9IN2OS/c11-8-3-1-2-7(6-8)9(14)13-10-12-4-5-15-10/h1-3,6H,4-5H2,(H,12,13,14). The summed E-state index contributed by atoms with van der Waals surface area (Å²) >= 11 is 3.77. The number of halogens is 1. The molecule has 0 atom stereocenters. The molecule has 0 aromatic heterocycles. The van der Waals surface area contributed by atoms with Crippen molar-refractivity contribution < 1.29 is 4.79 Å². The third-order valence-corrected chi connectivity index (χ3v) is 3.46. The molecule has 3 nitrogen and oxygen atoms in total. The SMILES string of the molecule is O=C(NC1=NCCS1)c1cccc(I)c1. The highest BCUT2D eigenvalue weighted by atomic mass is 127. The van der Waals surface area contributed by atoms with E-state index in [1.807, 2.05) is 18.2 Å². The molecule has 78 valence electrons. The van der Waals surface area contributed by atoms with Crippen LogP contribution in [-0.4, -0.2) is 23.4 Å². The minimum atomic E-state index is -0.0818. The second-order valence-corrected chi connectivity index (χ2v) is 5.33. The fraction of sp³-hybridized carbons (Fsp3) is 0.200. The number of carbonyl (C=O) groups excluding carboxylic acids is 1. The number of aliphatic imine (C=N–C) groups is 1. The third kappa shape index (κ3) is 2.94. The van der Waals surface area contributed by atoms with Crippen LogP contribution in [0.4, 0.5) is 0 Å². The van der Waals surface area contributed by atoms with Crippen molar-refractivity contribution in [3.8, 4) is 0 Å². The predicted molar refractivity (Wildman–Crippen MR) is 71.4 cm³/mol. The molecule has 1 aromatic rings. The summed E-state index contributed by atoms with van der Waals surface area (Å²) in [6, 6.07) is 7.49. The van der Waals surface area contributed by atoms with Crippen LogP contribution in [0.2, 0.25) is 0 Å². The Kier molecular flexibility index (Phi) is 3.63. The van der Waals surface area contributed by atoms with Crippen LogP contribution < -0.4 is 5.32 Å². The van der Waals surface area contributed by atoms with Crippen LogP contribution in [0.3, 0.4) is 0 Å². The Labute approximate surface area is 106 Å². The minimum absolute atomic E-state index is 0.0818. The van der Waals surface area contributed by atoms with Crippen molar-refractivity contribution in [1.82, 2.24) is 5.32 Å². The molecule has 0 radical (unpaired) electrons. The summed E-state index contributed by atoms with van der Waals surface area (Å²) in [6.07, 6.45) is 0. The number of nitrogens with one attached hydrogen (secondary N) is 1. The molecule has 1 heterocycles. The van der Waals surface area contributed by atoms with E-state index in [0.29, 0.717) is 5.56 Å². The van der Waals surface area contributed by atoms with Gasteiger partial charge in [0.1, 0.15) is 0 Å². The molecule has 2 rings (SSSR count). The number of hydrogen-bond donors (Lipinski definition) is 1. The first kappa shape index (κ1) is 10.9. The Hall–Kier alpha value is -0.560. The molecule has 0 bridgehead atoms. The largest absolute Gasteiger partial charge is 0.301 e. The topological polar surface area (TPSA) is 41.5 Å². The molecule has 1 N–H and O–H groups in total. The van der Waals surface area contributed by atoms with Crippen molar-refractivity contribution >= 4 is 45.4 Å². The summed E-state index contributed by atoms with van der Waals surface area (Å²) in [5.41, 5.74) is 0.678. The quantitative estimate of drug-likeness (QED) is 0.801. The second kappa shape index (κ2) is 4.98. The predicted octanol–water partition coefficient (Wildman–Crippen LogP) is 2.12. The average molecular weight is 332 g/mol. The Morgan fingerprint density at radius 2 is 2.40 bits per heavy atom. The molecule has 0 aliphatic carbocycles. The lowest BCUT2D eigenvalue weighted by molar-refractivity contribution is 0.0978. The van der Waals surface area contributed by atoms with Gasteiger partial charge in [0.25, 0.3) is 5.91 Å². The number of thioether (sulfide) groups is 1.